The Morgan fingerprint density at radius 1 is 1.50 bits per heavy atom. The molecule has 0 aliphatic rings. The fraction of sp³-hybridized carbons (Fsp3) is 1.00. The van der Waals surface area contributed by atoms with Gasteiger partial charge in [-0.05, 0) is 12.8 Å². The summed E-state index contributed by atoms with van der Waals surface area (Å²) >= 11 is 3.44. The molecule has 0 heterocycles. The third-order valence-corrected chi connectivity index (χ3v) is 1.96. The van der Waals surface area contributed by atoms with Gasteiger partial charge in [-0.15, -0.1) is 0 Å². The Balaban J connectivity index is 2.92. The Morgan fingerprint density at radius 2 is 2.12 bits per heavy atom. The molecule has 0 spiro atoms. The molecule has 0 bridgehead atoms. The Kier molecular flexibility index (Phi) is 5.88. The maximum Gasteiger partial charge on any atom is 0.0441 e. The zero-order chi connectivity index (χ0) is 6.41. The van der Waals surface area contributed by atoms with Gasteiger partial charge in [0, 0.05) is 11.4 Å². The fourth-order valence-electron chi connectivity index (χ4n) is 0.598. The summed E-state index contributed by atoms with van der Waals surface area (Å²) in [6.07, 6.45) is 3.24. The van der Waals surface area contributed by atoms with Crippen LogP contribution >= 0.6 is 15.9 Å². The lowest BCUT2D eigenvalue weighted by Crippen LogP contribution is -1.99. The molecule has 50 valence electrons. The van der Waals surface area contributed by atoms with Crippen LogP contribution in [0.3, 0.4) is 0 Å². The lowest BCUT2D eigenvalue weighted by molar-refractivity contribution is 0.286. The number of hydrogen-bond donors (Lipinski definition) is 1. The van der Waals surface area contributed by atoms with Gasteiger partial charge in [0.25, 0.3) is 0 Å². The molecule has 0 unspecified atom stereocenters. The van der Waals surface area contributed by atoms with Crippen molar-refractivity contribution >= 4 is 15.9 Å². The molecule has 2 heteroatoms. The summed E-state index contributed by atoms with van der Waals surface area (Å²) in [7, 11) is 0. The van der Waals surface area contributed by atoms with Gasteiger partial charge in [0.2, 0.25) is 0 Å². The lowest BCUT2D eigenvalue weighted by Gasteiger charge is -2.02. The van der Waals surface area contributed by atoms with E-state index in [1.807, 2.05) is 0 Å². The minimum Gasteiger partial charge on any atom is -0.396 e. The summed E-state index contributed by atoms with van der Waals surface area (Å²) in [5, 5.41) is 8.43. The zero-order valence-electron chi connectivity index (χ0n) is 5.23. The summed E-state index contributed by atoms with van der Waals surface area (Å²) in [5.41, 5.74) is 0. The minimum absolute atomic E-state index is 0.302. The van der Waals surface area contributed by atoms with Crippen LogP contribution in [0.25, 0.3) is 0 Å². The molecule has 0 saturated heterocycles. The molecule has 0 fully saturated rings. The molecular formula is C6H13BrO. The fourth-order valence-corrected chi connectivity index (χ4v) is 1.26. The molecule has 8 heavy (non-hydrogen) atoms. The van der Waals surface area contributed by atoms with Crippen LogP contribution in [0.1, 0.15) is 26.2 Å². The highest BCUT2D eigenvalue weighted by Crippen LogP contribution is 2.10. The third-order valence-electron chi connectivity index (χ3n) is 1.04. The minimum atomic E-state index is 0.302. The van der Waals surface area contributed by atoms with Gasteiger partial charge < -0.3 is 5.11 Å². The summed E-state index contributed by atoms with van der Waals surface area (Å²) in [5.74, 6) is 0. The molecule has 0 aliphatic carbocycles. The van der Waals surface area contributed by atoms with Gasteiger partial charge in [-0.2, -0.15) is 0 Å². The van der Waals surface area contributed by atoms with Crippen molar-refractivity contribution in [3.05, 3.63) is 0 Å². The van der Waals surface area contributed by atoms with Gasteiger partial charge in [0.05, 0.1) is 0 Å². The average molecular weight is 181 g/mol. The maximum absolute atomic E-state index is 8.43. The average Bonchev–Trinajstić information content (AvgIpc) is 1.68. The lowest BCUT2D eigenvalue weighted by atomic mass is 10.2. The van der Waals surface area contributed by atoms with E-state index in [1.165, 1.54) is 12.8 Å². The summed E-state index contributed by atoms with van der Waals surface area (Å²) in [6, 6.07) is 0. The third kappa shape index (κ3) is 4.60. The van der Waals surface area contributed by atoms with E-state index in [2.05, 4.69) is 22.9 Å². The monoisotopic (exact) mass is 180 g/mol. The first kappa shape index (κ1) is 8.44. The van der Waals surface area contributed by atoms with Crippen LogP contribution in [0.2, 0.25) is 0 Å². The van der Waals surface area contributed by atoms with E-state index in [-0.39, 0.29) is 0 Å². The predicted molar refractivity (Wildman–Crippen MR) is 39.3 cm³/mol. The van der Waals surface area contributed by atoms with Crippen molar-refractivity contribution in [2.45, 2.75) is 31.0 Å². The van der Waals surface area contributed by atoms with Gasteiger partial charge >= 0.3 is 0 Å². The molecule has 1 nitrogen and oxygen atoms in total. The van der Waals surface area contributed by atoms with Crippen LogP contribution in [0.5, 0.6) is 0 Å². The van der Waals surface area contributed by atoms with E-state index in [0.717, 1.165) is 6.42 Å². The Hall–Kier alpha value is 0.440. The summed E-state index contributed by atoms with van der Waals surface area (Å²) < 4.78 is 0. The number of aliphatic hydroxyl groups excluding tert-OH is 1. The van der Waals surface area contributed by atoms with Gasteiger partial charge in [-0.1, -0.05) is 29.3 Å². The Morgan fingerprint density at radius 3 is 2.50 bits per heavy atom. The molecule has 0 aliphatic heterocycles. The SMILES string of the molecule is CCC[C@@H](Br)CCO. The number of hydrogen-bond acceptors (Lipinski definition) is 1. The highest BCUT2D eigenvalue weighted by molar-refractivity contribution is 9.09. The van der Waals surface area contributed by atoms with Gasteiger partial charge in [-0.25, -0.2) is 0 Å². The normalized spacial score (nSPS) is 13.9. The van der Waals surface area contributed by atoms with E-state index in [4.69, 9.17) is 5.11 Å². The number of aliphatic hydroxyl groups is 1. The molecule has 0 aromatic heterocycles. The van der Waals surface area contributed by atoms with Crippen molar-refractivity contribution in [2.24, 2.45) is 0 Å². The van der Waals surface area contributed by atoms with Crippen molar-refractivity contribution in [1.82, 2.24) is 0 Å². The first-order valence-electron chi connectivity index (χ1n) is 3.06. The molecular weight excluding hydrogens is 168 g/mol. The predicted octanol–water partition coefficient (Wildman–Crippen LogP) is 1.93. The van der Waals surface area contributed by atoms with Crippen LogP contribution in [-0.4, -0.2) is 16.5 Å². The second-order valence-electron chi connectivity index (χ2n) is 1.90. The second-order valence-corrected chi connectivity index (χ2v) is 3.19. The topological polar surface area (TPSA) is 20.2 Å². The zero-order valence-corrected chi connectivity index (χ0v) is 6.82. The number of rotatable bonds is 4. The molecule has 0 aromatic carbocycles. The van der Waals surface area contributed by atoms with Gasteiger partial charge in [0.15, 0.2) is 0 Å². The van der Waals surface area contributed by atoms with Crippen LogP contribution < -0.4 is 0 Å². The van der Waals surface area contributed by atoms with Crippen molar-refractivity contribution in [1.29, 1.82) is 0 Å². The van der Waals surface area contributed by atoms with E-state index in [0.29, 0.717) is 11.4 Å². The summed E-state index contributed by atoms with van der Waals surface area (Å²) in [4.78, 5) is 0.525. The standard InChI is InChI=1S/C6H13BrO/c1-2-3-6(7)4-5-8/h6,8H,2-5H2,1H3/t6-/m1/s1. The van der Waals surface area contributed by atoms with Crippen molar-refractivity contribution in [3.8, 4) is 0 Å². The highest BCUT2D eigenvalue weighted by Gasteiger charge is 1.98. The van der Waals surface area contributed by atoms with Crippen molar-refractivity contribution in [3.63, 3.8) is 0 Å². The molecule has 0 saturated carbocycles. The van der Waals surface area contributed by atoms with Crippen LogP contribution in [0.4, 0.5) is 0 Å². The first-order chi connectivity index (χ1) is 3.81. The van der Waals surface area contributed by atoms with E-state index in [9.17, 15) is 0 Å². The first-order valence-corrected chi connectivity index (χ1v) is 3.97. The second kappa shape index (κ2) is 5.57. The van der Waals surface area contributed by atoms with Crippen molar-refractivity contribution in [2.75, 3.05) is 6.61 Å². The highest BCUT2D eigenvalue weighted by atomic mass is 79.9. The summed E-state index contributed by atoms with van der Waals surface area (Å²) in [6.45, 7) is 2.45. The van der Waals surface area contributed by atoms with Crippen LogP contribution in [-0.2, 0) is 0 Å². The quantitative estimate of drug-likeness (QED) is 0.657. The van der Waals surface area contributed by atoms with E-state index >= 15 is 0 Å². The van der Waals surface area contributed by atoms with Crippen LogP contribution in [0.15, 0.2) is 0 Å². The Bertz CT molecular complexity index is 41.8. The molecule has 0 aromatic rings. The van der Waals surface area contributed by atoms with Gasteiger partial charge in [-0.3, -0.25) is 0 Å². The molecule has 0 amide bonds. The smallest absolute Gasteiger partial charge is 0.0441 e. The number of halogens is 1. The molecule has 1 N–H and O–H groups in total. The molecule has 0 radical (unpaired) electrons. The number of alkyl halides is 1. The van der Waals surface area contributed by atoms with Gasteiger partial charge in [0.1, 0.15) is 0 Å². The molecule has 1 atom stereocenters. The van der Waals surface area contributed by atoms with E-state index < -0.39 is 0 Å². The largest absolute Gasteiger partial charge is 0.396 e. The van der Waals surface area contributed by atoms with Crippen LogP contribution in [0, 0.1) is 0 Å². The van der Waals surface area contributed by atoms with Crippen molar-refractivity contribution < 1.29 is 5.11 Å². The Labute approximate surface area is 59.2 Å². The molecule has 0 rings (SSSR count). The maximum atomic E-state index is 8.43. The van der Waals surface area contributed by atoms with E-state index in [1.54, 1.807) is 0 Å².